The van der Waals surface area contributed by atoms with E-state index in [1.165, 1.54) is 0 Å². The van der Waals surface area contributed by atoms with Crippen LogP contribution in [0.1, 0.15) is 30.6 Å². The number of rotatable bonds is 3. The molecule has 0 unspecified atom stereocenters. The second-order valence-electron chi connectivity index (χ2n) is 5.26. The molecule has 0 radical (unpaired) electrons. The SMILES string of the molecule is Cc1nc(CN)sc1-c1nc2ccc(Cl)cc2n1C(C)C. The molecule has 3 rings (SSSR count). The summed E-state index contributed by atoms with van der Waals surface area (Å²) >= 11 is 7.75. The Balaban J connectivity index is 2.30. The molecule has 6 heteroatoms. The fourth-order valence-electron chi connectivity index (χ4n) is 2.50. The number of hydrogen-bond donors (Lipinski definition) is 1. The van der Waals surface area contributed by atoms with Gasteiger partial charge in [-0.3, -0.25) is 0 Å². The van der Waals surface area contributed by atoms with E-state index in [1.807, 2.05) is 25.1 Å². The van der Waals surface area contributed by atoms with Gasteiger partial charge < -0.3 is 10.3 Å². The zero-order valence-electron chi connectivity index (χ0n) is 12.2. The van der Waals surface area contributed by atoms with Gasteiger partial charge in [0.05, 0.1) is 21.6 Å². The molecular formula is C15H17ClN4S. The Morgan fingerprint density at radius 1 is 1.33 bits per heavy atom. The molecule has 0 saturated heterocycles. The van der Waals surface area contributed by atoms with Crippen molar-refractivity contribution in [3.8, 4) is 10.7 Å². The van der Waals surface area contributed by atoms with Gasteiger partial charge in [-0.1, -0.05) is 11.6 Å². The summed E-state index contributed by atoms with van der Waals surface area (Å²) in [5.41, 5.74) is 8.68. The average molecular weight is 321 g/mol. The molecule has 110 valence electrons. The van der Waals surface area contributed by atoms with Crippen LogP contribution >= 0.6 is 22.9 Å². The zero-order valence-corrected chi connectivity index (χ0v) is 13.8. The molecule has 0 atom stereocenters. The predicted molar refractivity (Wildman–Crippen MR) is 88.9 cm³/mol. The first-order valence-electron chi connectivity index (χ1n) is 6.85. The Hall–Kier alpha value is -1.43. The molecule has 2 N–H and O–H groups in total. The second-order valence-corrected chi connectivity index (χ2v) is 6.78. The molecule has 2 heterocycles. The molecule has 0 fully saturated rings. The molecule has 0 aliphatic heterocycles. The fourth-order valence-corrected chi connectivity index (χ4v) is 3.59. The molecule has 21 heavy (non-hydrogen) atoms. The number of hydrogen-bond acceptors (Lipinski definition) is 4. The molecule has 0 aliphatic carbocycles. The van der Waals surface area contributed by atoms with Gasteiger partial charge in [-0.05, 0) is 39.0 Å². The number of imidazole rings is 1. The Morgan fingerprint density at radius 3 is 2.71 bits per heavy atom. The van der Waals surface area contributed by atoms with Crippen molar-refractivity contribution in [2.45, 2.75) is 33.4 Å². The lowest BCUT2D eigenvalue weighted by Gasteiger charge is -2.12. The highest BCUT2D eigenvalue weighted by atomic mass is 35.5. The number of nitrogens with zero attached hydrogens (tertiary/aromatic N) is 3. The second kappa shape index (κ2) is 5.40. The van der Waals surface area contributed by atoms with Crippen molar-refractivity contribution < 1.29 is 0 Å². The highest BCUT2D eigenvalue weighted by molar-refractivity contribution is 7.15. The van der Waals surface area contributed by atoms with E-state index in [4.69, 9.17) is 22.3 Å². The average Bonchev–Trinajstić information content (AvgIpc) is 2.98. The number of aromatic nitrogens is 3. The molecule has 0 aliphatic rings. The topological polar surface area (TPSA) is 56.7 Å². The highest BCUT2D eigenvalue weighted by Gasteiger charge is 2.19. The van der Waals surface area contributed by atoms with Crippen molar-refractivity contribution in [3.63, 3.8) is 0 Å². The Bertz CT molecular complexity index is 803. The van der Waals surface area contributed by atoms with E-state index in [0.717, 1.165) is 37.5 Å². The Kier molecular flexibility index (Phi) is 3.73. The number of halogens is 1. The summed E-state index contributed by atoms with van der Waals surface area (Å²) in [6, 6.07) is 6.08. The lowest BCUT2D eigenvalue weighted by molar-refractivity contribution is 0.625. The summed E-state index contributed by atoms with van der Waals surface area (Å²) in [6.45, 7) is 6.75. The van der Waals surface area contributed by atoms with Crippen LogP contribution in [0.15, 0.2) is 18.2 Å². The van der Waals surface area contributed by atoms with Crippen LogP contribution in [0.5, 0.6) is 0 Å². The standard InChI is InChI=1S/C15H17ClN4S/c1-8(2)20-12-6-10(16)4-5-11(12)19-15(20)14-9(3)18-13(7-17)21-14/h4-6,8H,7,17H2,1-3H3. The maximum absolute atomic E-state index is 6.14. The van der Waals surface area contributed by atoms with E-state index >= 15 is 0 Å². The first kappa shape index (κ1) is 14.5. The van der Waals surface area contributed by atoms with Gasteiger partial charge in [0.2, 0.25) is 0 Å². The molecule has 0 amide bonds. The van der Waals surface area contributed by atoms with Crippen LogP contribution in [-0.4, -0.2) is 14.5 Å². The lowest BCUT2D eigenvalue weighted by atomic mass is 10.3. The van der Waals surface area contributed by atoms with Crippen molar-refractivity contribution in [3.05, 3.63) is 33.9 Å². The smallest absolute Gasteiger partial charge is 0.153 e. The van der Waals surface area contributed by atoms with Crippen molar-refractivity contribution in [2.75, 3.05) is 0 Å². The first-order chi connectivity index (χ1) is 10.0. The Morgan fingerprint density at radius 2 is 2.10 bits per heavy atom. The number of aryl methyl sites for hydroxylation is 1. The van der Waals surface area contributed by atoms with Gasteiger partial charge in [0, 0.05) is 17.6 Å². The summed E-state index contributed by atoms with van der Waals surface area (Å²) in [5, 5.41) is 1.66. The normalized spacial score (nSPS) is 11.7. The van der Waals surface area contributed by atoms with Crippen molar-refractivity contribution in [1.82, 2.24) is 14.5 Å². The summed E-state index contributed by atoms with van der Waals surface area (Å²) in [4.78, 5) is 10.4. The third-order valence-electron chi connectivity index (χ3n) is 3.39. The fraction of sp³-hybridized carbons (Fsp3) is 0.333. The minimum absolute atomic E-state index is 0.284. The lowest BCUT2D eigenvalue weighted by Crippen LogP contribution is -2.02. The van der Waals surface area contributed by atoms with Crippen molar-refractivity contribution in [2.24, 2.45) is 5.73 Å². The van der Waals surface area contributed by atoms with Crippen LogP contribution in [0, 0.1) is 6.92 Å². The van der Waals surface area contributed by atoms with Crippen LogP contribution in [-0.2, 0) is 6.54 Å². The van der Waals surface area contributed by atoms with Gasteiger partial charge in [0.1, 0.15) is 5.01 Å². The van der Waals surface area contributed by atoms with Crippen molar-refractivity contribution >= 4 is 34.0 Å². The number of nitrogens with two attached hydrogens (primary N) is 1. The predicted octanol–water partition coefficient (Wildman–Crippen LogP) is 4.16. The van der Waals surface area contributed by atoms with Crippen LogP contribution in [0.2, 0.25) is 5.02 Å². The summed E-state index contributed by atoms with van der Waals surface area (Å²) in [7, 11) is 0. The number of fused-ring (bicyclic) bond motifs is 1. The summed E-state index contributed by atoms with van der Waals surface area (Å²) in [5.74, 6) is 0.942. The largest absolute Gasteiger partial charge is 0.325 e. The molecule has 0 saturated carbocycles. The van der Waals surface area contributed by atoms with E-state index in [1.54, 1.807) is 11.3 Å². The summed E-state index contributed by atoms with van der Waals surface area (Å²) < 4.78 is 2.21. The van der Waals surface area contributed by atoms with Gasteiger partial charge in [0.25, 0.3) is 0 Å². The zero-order chi connectivity index (χ0) is 15.1. The molecule has 0 bridgehead atoms. The highest BCUT2D eigenvalue weighted by Crippen LogP contribution is 2.34. The van der Waals surface area contributed by atoms with Crippen molar-refractivity contribution in [1.29, 1.82) is 0 Å². The van der Waals surface area contributed by atoms with Gasteiger partial charge in [-0.15, -0.1) is 11.3 Å². The monoisotopic (exact) mass is 320 g/mol. The van der Waals surface area contributed by atoms with Crippen LogP contribution in [0.4, 0.5) is 0 Å². The molecule has 3 aromatic rings. The number of benzene rings is 1. The van der Waals surface area contributed by atoms with E-state index < -0.39 is 0 Å². The minimum Gasteiger partial charge on any atom is -0.325 e. The number of thiazole rings is 1. The van der Waals surface area contributed by atoms with Gasteiger partial charge in [-0.25, -0.2) is 9.97 Å². The van der Waals surface area contributed by atoms with Gasteiger partial charge in [-0.2, -0.15) is 0 Å². The maximum atomic E-state index is 6.14. The quantitative estimate of drug-likeness (QED) is 0.788. The van der Waals surface area contributed by atoms with E-state index in [2.05, 4.69) is 23.4 Å². The van der Waals surface area contributed by atoms with Gasteiger partial charge in [0.15, 0.2) is 5.82 Å². The Labute approximate surface area is 132 Å². The summed E-state index contributed by atoms with van der Waals surface area (Å²) in [6.07, 6.45) is 0. The van der Waals surface area contributed by atoms with E-state index in [-0.39, 0.29) is 6.04 Å². The van der Waals surface area contributed by atoms with Crippen LogP contribution < -0.4 is 5.73 Å². The molecule has 0 spiro atoms. The van der Waals surface area contributed by atoms with Crippen LogP contribution in [0.25, 0.3) is 21.7 Å². The molecule has 2 aromatic heterocycles. The maximum Gasteiger partial charge on any atom is 0.153 e. The molecular weight excluding hydrogens is 304 g/mol. The van der Waals surface area contributed by atoms with Gasteiger partial charge >= 0.3 is 0 Å². The third-order valence-corrected chi connectivity index (χ3v) is 4.80. The minimum atomic E-state index is 0.284. The molecule has 4 nitrogen and oxygen atoms in total. The van der Waals surface area contributed by atoms with Crippen LogP contribution in [0.3, 0.4) is 0 Å². The first-order valence-corrected chi connectivity index (χ1v) is 8.05. The van der Waals surface area contributed by atoms with E-state index in [0.29, 0.717) is 6.54 Å². The third kappa shape index (κ3) is 2.46. The van der Waals surface area contributed by atoms with E-state index in [9.17, 15) is 0 Å². The molecule has 1 aromatic carbocycles.